The van der Waals surface area contributed by atoms with Crippen LogP contribution in [0.3, 0.4) is 0 Å². The summed E-state index contributed by atoms with van der Waals surface area (Å²) in [7, 11) is 1.59. The van der Waals surface area contributed by atoms with Crippen molar-refractivity contribution in [1.82, 2.24) is 34.4 Å². The van der Waals surface area contributed by atoms with E-state index in [1.165, 1.54) is 16.2 Å². The van der Waals surface area contributed by atoms with Gasteiger partial charge < -0.3 is 9.88 Å². The van der Waals surface area contributed by atoms with E-state index in [9.17, 15) is 22.8 Å². The summed E-state index contributed by atoms with van der Waals surface area (Å²) in [5, 5.41) is 5.29. The number of carbonyl (C=O) groups is 1. The van der Waals surface area contributed by atoms with E-state index in [-0.39, 0.29) is 36.6 Å². The standard InChI is InChI=1S/C19H18F3N7O2S/c1-9-11(10(2)29-18(23-9)26-17(27-29)19(20,21)22)4-5-14(30)28(3)8-13-24-12-6-7-32-15(12)16(31)25-13/h6-7H,4-5,8H2,1-3H3,(H,24,25,31). The van der Waals surface area contributed by atoms with Crippen LogP contribution in [-0.2, 0) is 23.9 Å². The smallest absolute Gasteiger partial charge is 0.338 e. The Kier molecular flexibility index (Phi) is 5.44. The molecule has 0 aliphatic heterocycles. The number of nitrogens with one attached hydrogen (secondary N) is 1. The van der Waals surface area contributed by atoms with Crippen molar-refractivity contribution < 1.29 is 18.0 Å². The fraction of sp³-hybridized carbons (Fsp3) is 0.368. The molecule has 4 aromatic rings. The number of aromatic amines is 1. The second-order valence-corrected chi connectivity index (χ2v) is 8.22. The predicted octanol–water partition coefficient (Wildman–Crippen LogP) is 2.65. The molecule has 0 radical (unpaired) electrons. The molecule has 0 fully saturated rings. The second-order valence-electron chi connectivity index (χ2n) is 7.30. The van der Waals surface area contributed by atoms with Gasteiger partial charge in [0.2, 0.25) is 5.91 Å². The molecule has 1 amide bonds. The first-order valence-electron chi connectivity index (χ1n) is 9.55. The number of alkyl halides is 3. The van der Waals surface area contributed by atoms with E-state index < -0.39 is 12.0 Å². The number of thiophene rings is 1. The lowest BCUT2D eigenvalue weighted by molar-refractivity contribution is -0.144. The van der Waals surface area contributed by atoms with Crippen molar-refractivity contribution in [2.24, 2.45) is 0 Å². The lowest BCUT2D eigenvalue weighted by Gasteiger charge is -2.17. The van der Waals surface area contributed by atoms with Gasteiger partial charge in [0.05, 0.1) is 12.1 Å². The van der Waals surface area contributed by atoms with Gasteiger partial charge in [-0.2, -0.15) is 18.2 Å². The lowest BCUT2D eigenvalue weighted by Crippen LogP contribution is -2.28. The highest BCUT2D eigenvalue weighted by Gasteiger charge is 2.37. The summed E-state index contributed by atoms with van der Waals surface area (Å²) in [5.41, 5.74) is 1.88. The Bertz CT molecular complexity index is 1390. The fourth-order valence-corrected chi connectivity index (χ4v) is 4.15. The van der Waals surface area contributed by atoms with Gasteiger partial charge in [-0.3, -0.25) is 9.59 Å². The number of amides is 1. The van der Waals surface area contributed by atoms with E-state index in [0.29, 0.717) is 33.0 Å². The zero-order valence-corrected chi connectivity index (χ0v) is 18.1. The first kappa shape index (κ1) is 21.9. The van der Waals surface area contributed by atoms with Crippen molar-refractivity contribution in [3.05, 3.63) is 50.4 Å². The minimum absolute atomic E-state index is 0.0944. The third-order valence-electron chi connectivity index (χ3n) is 5.07. The first-order chi connectivity index (χ1) is 15.0. The normalized spacial score (nSPS) is 12.1. The average Bonchev–Trinajstić information content (AvgIpc) is 3.34. The van der Waals surface area contributed by atoms with Crippen molar-refractivity contribution in [3.8, 4) is 0 Å². The quantitative estimate of drug-likeness (QED) is 0.485. The van der Waals surface area contributed by atoms with Crippen LogP contribution >= 0.6 is 11.3 Å². The molecule has 0 aliphatic rings. The van der Waals surface area contributed by atoms with Crippen LogP contribution in [0.25, 0.3) is 16.0 Å². The summed E-state index contributed by atoms with van der Waals surface area (Å²) in [6, 6.07) is 1.74. The first-order valence-corrected chi connectivity index (χ1v) is 10.4. The van der Waals surface area contributed by atoms with Gasteiger partial charge in [-0.25, -0.2) is 14.5 Å². The van der Waals surface area contributed by atoms with Crippen molar-refractivity contribution in [1.29, 1.82) is 0 Å². The zero-order chi connectivity index (χ0) is 23.2. The molecule has 32 heavy (non-hydrogen) atoms. The Hall–Kier alpha value is -3.35. The van der Waals surface area contributed by atoms with E-state index in [1.54, 1.807) is 32.3 Å². The molecular weight excluding hydrogens is 447 g/mol. The van der Waals surface area contributed by atoms with Gasteiger partial charge in [-0.15, -0.1) is 16.4 Å². The van der Waals surface area contributed by atoms with Crippen LogP contribution in [0.15, 0.2) is 16.2 Å². The predicted molar refractivity (Wildman–Crippen MR) is 110 cm³/mol. The van der Waals surface area contributed by atoms with E-state index >= 15 is 0 Å². The molecule has 0 aliphatic carbocycles. The molecule has 0 unspecified atom stereocenters. The third-order valence-corrected chi connectivity index (χ3v) is 5.97. The maximum absolute atomic E-state index is 12.9. The number of rotatable bonds is 5. The SMILES string of the molecule is Cc1nc2nc(C(F)(F)F)nn2c(C)c1CCC(=O)N(C)Cc1nc2ccsc2c(=O)[nH]1. The van der Waals surface area contributed by atoms with Gasteiger partial charge in [0.15, 0.2) is 0 Å². The number of halogens is 3. The maximum atomic E-state index is 12.9. The Morgan fingerprint density at radius 1 is 1.25 bits per heavy atom. The molecule has 168 valence electrons. The van der Waals surface area contributed by atoms with Crippen LogP contribution in [-0.4, -0.2) is 47.4 Å². The molecule has 4 heterocycles. The number of hydrogen-bond acceptors (Lipinski definition) is 7. The molecule has 1 N–H and O–H groups in total. The van der Waals surface area contributed by atoms with Crippen LogP contribution in [0, 0.1) is 13.8 Å². The molecular formula is C19H18F3N7O2S. The monoisotopic (exact) mass is 465 g/mol. The number of H-pyrrole nitrogens is 1. The number of carbonyl (C=O) groups excluding carboxylic acids is 1. The number of aromatic nitrogens is 6. The van der Waals surface area contributed by atoms with Crippen LogP contribution < -0.4 is 5.56 Å². The van der Waals surface area contributed by atoms with E-state index in [0.717, 1.165) is 4.52 Å². The average molecular weight is 465 g/mol. The molecule has 0 spiro atoms. The molecule has 9 nitrogen and oxygen atoms in total. The van der Waals surface area contributed by atoms with Gasteiger partial charge in [-0.05, 0) is 37.3 Å². The molecule has 4 rings (SSSR count). The highest BCUT2D eigenvalue weighted by molar-refractivity contribution is 7.17. The molecule has 0 saturated heterocycles. The van der Waals surface area contributed by atoms with Crippen LogP contribution in [0.2, 0.25) is 0 Å². The summed E-state index contributed by atoms with van der Waals surface area (Å²) >= 11 is 1.29. The molecule has 0 atom stereocenters. The number of fused-ring (bicyclic) bond motifs is 2. The Morgan fingerprint density at radius 3 is 2.72 bits per heavy atom. The minimum Gasteiger partial charge on any atom is -0.338 e. The summed E-state index contributed by atoms with van der Waals surface area (Å²) in [4.78, 5) is 40.8. The van der Waals surface area contributed by atoms with E-state index in [4.69, 9.17) is 0 Å². The number of hydrogen-bond donors (Lipinski definition) is 1. The summed E-state index contributed by atoms with van der Waals surface area (Å²) < 4.78 is 40.4. The van der Waals surface area contributed by atoms with E-state index in [2.05, 4.69) is 25.0 Å². The van der Waals surface area contributed by atoms with Crippen molar-refractivity contribution in [2.75, 3.05) is 7.05 Å². The maximum Gasteiger partial charge on any atom is 0.453 e. The second kappa shape index (κ2) is 7.97. The summed E-state index contributed by atoms with van der Waals surface area (Å²) in [6.07, 6.45) is -4.32. The zero-order valence-electron chi connectivity index (χ0n) is 17.3. The van der Waals surface area contributed by atoms with Crippen molar-refractivity contribution >= 4 is 33.2 Å². The topological polar surface area (TPSA) is 109 Å². The molecule has 0 saturated carbocycles. The fourth-order valence-electron chi connectivity index (χ4n) is 3.42. The minimum atomic E-state index is -4.67. The van der Waals surface area contributed by atoms with Crippen LogP contribution in [0.1, 0.15) is 35.0 Å². The molecule has 13 heteroatoms. The Labute approximate surface area is 182 Å². The largest absolute Gasteiger partial charge is 0.453 e. The highest BCUT2D eigenvalue weighted by atomic mass is 32.1. The van der Waals surface area contributed by atoms with E-state index in [1.807, 2.05) is 0 Å². The Morgan fingerprint density at radius 2 is 2.00 bits per heavy atom. The van der Waals surface area contributed by atoms with Crippen LogP contribution in [0.5, 0.6) is 0 Å². The third kappa shape index (κ3) is 4.07. The Balaban J connectivity index is 1.49. The molecule has 4 aromatic heterocycles. The summed E-state index contributed by atoms with van der Waals surface area (Å²) in [6.45, 7) is 3.39. The summed E-state index contributed by atoms with van der Waals surface area (Å²) in [5.74, 6) is -1.25. The van der Waals surface area contributed by atoms with Gasteiger partial charge >= 0.3 is 6.18 Å². The molecule has 0 bridgehead atoms. The highest BCUT2D eigenvalue weighted by Crippen LogP contribution is 2.27. The van der Waals surface area contributed by atoms with Gasteiger partial charge in [0.1, 0.15) is 10.5 Å². The molecule has 0 aromatic carbocycles. The number of aryl methyl sites for hydroxylation is 2. The lowest BCUT2D eigenvalue weighted by atomic mass is 10.1. The van der Waals surface area contributed by atoms with Gasteiger partial charge in [0, 0.05) is 24.9 Å². The van der Waals surface area contributed by atoms with Crippen molar-refractivity contribution in [2.45, 2.75) is 39.4 Å². The van der Waals surface area contributed by atoms with Crippen molar-refractivity contribution in [3.63, 3.8) is 0 Å². The number of nitrogens with zero attached hydrogens (tertiary/aromatic N) is 6. The van der Waals surface area contributed by atoms with Gasteiger partial charge in [0.25, 0.3) is 17.2 Å². The van der Waals surface area contributed by atoms with Crippen LogP contribution in [0.4, 0.5) is 13.2 Å². The van der Waals surface area contributed by atoms with Gasteiger partial charge in [-0.1, -0.05) is 0 Å².